The second-order valence-electron chi connectivity index (χ2n) is 11.5. The zero-order valence-electron chi connectivity index (χ0n) is 19.6. The Morgan fingerprint density at radius 3 is 2.34 bits per heavy atom. The fourth-order valence-electron chi connectivity index (χ4n) is 6.76. The topological polar surface area (TPSA) is 87.7 Å². The Labute approximate surface area is 190 Å². The number of hydrogen-bond acceptors (Lipinski definition) is 4. The summed E-state index contributed by atoms with van der Waals surface area (Å²) in [4.78, 5) is 42.7. The van der Waals surface area contributed by atoms with Crippen LogP contribution < -0.4 is 10.6 Å². The number of carbonyl (C=O) groups is 3. The smallest absolute Gasteiger partial charge is 0.246 e. The lowest BCUT2D eigenvalue weighted by atomic mass is 9.74. The van der Waals surface area contributed by atoms with Crippen molar-refractivity contribution in [2.75, 3.05) is 0 Å². The lowest BCUT2D eigenvalue weighted by Gasteiger charge is -2.37. The van der Waals surface area contributed by atoms with Crippen molar-refractivity contribution in [2.45, 2.75) is 114 Å². The summed E-state index contributed by atoms with van der Waals surface area (Å²) in [7, 11) is 0. The molecular weight excluding hydrogens is 406 g/mol. The Kier molecular flexibility index (Phi) is 5.38. The number of nitrogens with zero attached hydrogens (tertiary/aromatic N) is 1. The molecule has 3 heterocycles. The Morgan fingerprint density at radius 2 is 1.69 bits per heavy atom. The van der Waals surface area contributed by atoms with Gasteiger partial charge in [-0.25, -0.2) is 0 Å². The lowest BCUT2D eigenvalue weighted by Crippen LogP contribution is -2.59. The summed E-state index contributed by atoms with van der Waals surface area (Å²) >= 11 is 0. The summed E-state index contributed by atoms with van der Waals surface area (Å²) in [6.45, 7) is 5.83. The van der Waals surface area contributed by atoms with Gasteiger partial charge in [-0.15, -0.1) is 0 Å². The standard InChI is InChI=1S/C25H37N3O4/c1-24(2,3)27-22(30)20-25-14-13-17(32-25)18(21(29)26-15-9-5-4-6-10-15)19(25)23(31)28(20)16-11-7-8-12-16/h13-20H,4-12H2,1-3H3,(H,26,29)(H,27,30)/t17-,18+,19-,20+,25-/m1/s1. The summed E-state index contributed by atoms with van der Waals surface area (Å²) in [5, 5.41) is 6.31. The molecule has 5 aliphatic rings. The molecule has 2 bridgehead atoms. The average Bonchev–Trinajstić information content (AvgIpc) is 3.48. The fraction of sp³-hybridized carbons (Fsp3) is 0.800. The molecule has 7 nitrogen and oxygen atoms in total. The highest BCUT2D eigenvalue weighted by molar-refractivity contribution is 6.00. The van der Waals surface area contributed by atoms with Gasteiger partial charge in [0.25, 0.3) is 0 Å². The number of carbonyl (C=O) groups excluding carboxylic acids is 3. The first kappa shape index (κ1) is 21.9. The van der Waals surface area contributed by atoms with Crippen LogP contribution in [0.25, 0.3) is 0 Å². The monoisotopic (exact) mass is 443 g/mol. The van der Waals surface area contributed by atoms with Crippen LogP contribution >= 0.6 is 0 Å². The maximum Gasteiger partial charge on any atom is 0.246 e. The molecule has 5 atom stereocenters. The number of fused-ring (bicyclic) bond motifs is 1. The summed E-state index contributed by atoms with van der Waals surface area (Å²) < 4.78 is 6.42. The minimum atomic E-state index is -1.05. The van der Waals surface area contributed by atoms with Crippen molar-refractivity contribution in [2.24, 2.45) is 11.8 Å². The molecule has 0 aromatic heterocycles. The van der Waals surface area contributed by atoms with Gasteiger partial charge < -0.3 is 20.3 Å². The van der Waals surface area contributed by atoms with E-state index in [0.717, 1.165) is 51.4 Å². The third kappa shape index (κ3) is 3.47. The van der Waals surface area contributed by atoms with Crippen molar-refractivity contribution in [1.29, 1.82) is 0 Å². The highest BCUT2D eigenvalue weighted by Crippen LogP contribution is 2.56. The normalized spacial score (nSPS) is 37.2. The van der Waals surface area contributed by atoms with Crippen LogP contribution in [0.15, 0.2) is 12.2 Å². The first-order valence-corrected chi connectivity index (χ1v) is 12.5. The van der Waals surface area contributed by atoms with E-state index in [2.05, 4.69) is 10.6 Å². The molecule has 3 aliphatic heterocycles. The van der Waals surface area contributed by atoms with E-state index in [4.69, 9.17) is 4.74 Å². The van der Waals surface area contributed by atoms with Gasteiger partial charge in [-0.1, -0.05) is 44.3 Å². The van der Waals surface area contributed by atoms with Gasteiger partial charge in [0.05, 0.1) is 17.9 Å². The van der Waals surface area contributed by atoms with Gasteiger partial charge in [-0.05, 0) is 46.5 Å². The van der Waals surface area contributed by atoms with Crippen molar-refractivity contribution >= 4 is 17.7 Å². The first-order valence-electron chi connectivity index (χ1n) is 12.5. The van der Waals surface area contributed by atoms with Crippen molar-refractivity contribution in [3.63, 3.8) is 0 Å². The van der Waals surface area contributed by atoms with Gasteiger partial charge in [0.2, 0.25) is 17.7 Å². The van der Waals surface area contributed by atoms with E-state index in [1.807, 2.05) is 32.9 Å². The maximum absolute atomic E-state index is 13.9. The minimum Gasteiger partial charge on any atom is -0.359 e. The SMILES string of the molecule is CC(C)(C)NC(=O)[C@@H]1N(C2CCCC2)C(=O)[C@H]2[C@@H](C(=O)NC3CCCCC3)[C@H]3C=C[C@]12O3. The predicted octanol–water partition coefficient (Wildman–Crippen LogP) is 2.44. The van der Waals surface area contributed by atoms with Crippen molar-refractivity contribution < 1.29 is 19.1 Å². The second kappa shape index (κ2) is 7.86. The number of likely N-dealkylation sites (tertiary alicyclic amines) is 1. The lowest BCUT2D eigenvalue weighted by molar-refractivity contribution is -0.144. The van der Waals surface area contributed by atoms with Gasteiger partial charge in [0.15, 0.2) is 0 Å². The Hall–Kier alpha value is -1.89. The Balaban J connectivity index is 1.46. The molecule has 176 valence electrons. The summed E-state index contributed by atoms with van der Waals surface area (Å²) in [5.41, 5.74) is -1.47. The fourth-order valence-corrected chi connectivity index (χ4v) is 6.76. The third-order valence-electron chi connectivity index (χ3n) is 8.03. The highest BCUT2D eigenvalue weighted by Gasteiger charge is 2.73. The van der Waals surface area contributed by atoms with Crippen LogP contribution in [0.4, 0.5) is 0 Å². The predicted molar refractivity (Wildman–Crippen MR) is 120 cm³/mol. The van der Waals surface area contributed by atoms with E-state index in [0.29, 0.717) is 0 Å². The molecule has 2 N–H and O–H groups in total. The van der Waals surface area contributed by atoms with Crippen molar-refractivity contribution in [1.82, 2.24) is 15.5 Å². The maximum atomic E-state index is 13.9. The van der Waals surface area contributed by atoms with Crippen LogP contribution in [-0.4, -0.2) is 58.0 Å². The molecule has 0 radical (unpaired) electrons. The molecule has 0 aromatic rings. The van der Waals surface area contributed by atoms with Crippen LogP contribution in [0, 0.1) is 11.8 Å². The van der Waals surface area contributed by atoms with Gasteiger partial charge in [-0.2, -0.15) is 0 Å². The quantitative estimate of drug-likeness (QED) is 0.654. The average molecular weight is 444 g/mol. The molecule has 2 saturated heterocycles. The number of amides is 3. The zero-order chi connectivity index (χ0) is 22.7. The molecule has 7 heteroatoms. The number of hydrogen-bond donors (Lipinski definition) is 2. The summed E-state index contributed by atoms with van der Waals surface area (Å²) in [6.07, 6.45) is 12.8. The van der Waals surface area contributed by atoms with Gasteiger partial charge in [0, 0.05) is 17.6 Å². The van der Waals surface area contributed by atoms with Gasteiger partial charge in [-0.3, -0.25) is 14.4 Å². The van der Waals surface area contributed by atoms with Crippen molar-refractivity contribution in [3.05, 3.63) is 12.2 Å². The van der Waals surface area contributed by atoms with E-state index in [1.165, 1.54) is 6.42 Å². The van der Waals surface area contributed by atoms with E-state index < -0.39 is 35.1 Å². The zero-order valence-corrected chi connectivity index (χ0v) is 19.6. The molecule has 2 aliphatic carbocycles. The number of ether oxygens (including phenoxy) is 1. The van der Waals surface area contributed by atoms with Gasteiger partial charge in [0.1, 0.15) is 11.6 Å². The molecular formula is C25H37N3O4. The number of nitrogens with one attached hydrogen (secondary N) is 2. The molecule has 3 amide bonds. The Bertz CT molecular complexity index is 822. The van der Waals surface area contributed by atoms with E-state index >= 15 is 0 Å². The molecule has 2 saturated carbocycles. The molecule has 0 unspecified atom stereocenters. The number of rotatable bonds is 4. The molecule has 5 rings (SSSR count). The largest absolute Gasteiger partial charge is 0.359 e. The van der Waals surface area contributed by atoms with E-state index in [1.54, 1.807) is 4.90 Å². The molecule has 1 spiro atoms. The third-order valence-corrected chi connectivity index (χ3v) is 8.03. The van der Waals surface area contributed by atoms with Crippen LogP contribution in [-0.2, 0) is 19.1 Å². The summed E-state index contributed by atoms with van der Waals surface area (Å²) in [5.74, 6) is -1.54. The second-order valence-corrected chi connectivity index (χ2v) is 11.5. The molecule has 0 aromatic carbocycles. The van der Waals surface area contributed by atoms with E-state index in [-0.39, 0.29) is 29.8 Å². The first-order chi connectivity index (χ1) is 15.2. The molecule has 4 fully saturated rings. The van der Waals surface area contributed by atoms with Crippen LogP contribution in [0.2, 0.25) is 0 Å². The van der Waals surface area contributed by atoms with Crippen LogP contribution in [0.5, 0.6) is 0 Å². The molecule has 32 heavy (non-hydrogen) atoms. The van der Waals surface area contributed by atoms with Gasteiger partial charge >= 0.3 is 0 Å². The van der Waals surface area contributed by atoms with Crippen LogP contribution in [0.1, 0.15) is 78.6 Å². The van der Waals surface area contributed by atoms with Crippen LogP contribution in [0.3, 0.4) is 0 Å². The Morgan fingerprint density at radius 1 is 1.03 bits per heavy atom. The minimum absolute atomic E-state index is 0.0382. The summed E-state index contributed by atoms with van der Waals surface area (Å²) in [6, 6.07) is -0.509. The van der Waals surface area contributed by atoms with E-state index in [9.17, 15) is 14.4 Å². The highest BCUT2D eigenvalue weighted by atomic mass is 16.5. The van der Waals surface area contributed by atoms with Crippen molar-refractivity contribution in [3.8, 4) is 0 Å².